The highest BCUT2D eigenvalue weighted by atomic mass is 19.4. The van der Waals surface area contributed by atoms with Crippen LogP contribution in [0, 0.1) is 5.82 Å². The lowest BCUT2D eigenvalue weighted by Gasteiger charge is -2.16. The van der Waals surface area contributed by atoms with Crippen molar-refractivity contribution in [3.63, 3.8) is 0 Å². The molecule has 2 aromatic rings. The molecule has 1 heterocycles. The van der Waals surface area contributed by atoms with Crippen LogP contribution >= 0.6 is 0 Å². The first-order chi connectivity index (χ1) is 13.1. The molecule has 1 amide bonds. The van der Waals surface area contributed by atoms with Gasteiger partial charge in [0.15, 0.2) is 0 Å². The first-order valence-electron chi connectivity index (χ1n) is 8.41. The molecule has 1 aliphatic rings. The highest BCUT2D eigenvalue weighted by Crippen LogP contribution is 2.37. The van der Waals surface area contributed by atoms with Crippen molar-refractivity contribution in [3.05, 3.63) is 53.6 Å². The lowest BCUT2D eigenvalue weighted by atomic mass is 10.1. The Balaban J connectivity index is 0.000000620. The van der Waals surface area contributed by atoms with Gasteiger partial charge in [0, 0.05) is 6.04 Å². The fourth-order valence-electron chi connectivity index (χ4n) is 2.12. The van der Waals surface area contributed by atoms with Crippen LogP contribution in [-0.2, 0) is 6.18 Å². The number of pyridine rings is 1. The average Bonchev–Trinajstić information content (AvgIpc) is 3.38. The second-order valence-corrected chi connectivity index (χ2v) is 6.27. The molecule has 0 bridgehead atoms. The third-order valence-electron chi connectivity index (χ3n) is 3.78. The van der Waals surface area contributed by atoms with E-state index in [2.05, 4.69) is 15.6 Å². The number of alkyl halides is 3. The van der Waals surface area contributed by atoms with Gasteiger partial charge in [-0.25, -0.2) is 9.18 Å². The molecular formula is C18H20F4N4O2. The monoisotopic (exact) mass is 400 g/mol. The number of carboxylic acid groups (broad SMARTS) is 1. The Morgan fingerprint density at radius 3 is 2.39 bits per heavy atom. The summed E-state index contributed by atoms with van der Waals surface area (Å²) in [7, 11) is 0. The standard InChI is InChI=1S/C15H13F4N3O2.C3H7N/c1-8(21-14(23)24)12-6-5-9(7-20-12)22-13-10(15(17,18)19)3-2-4-11(13)16;4-3-1-2-3/h2-8,21-22H,1H3,(H,23,24);3H,1-2,4H2. The summed E-state index contributed by atoms with van der Waals surface area (Å²) in [6.07, 6.45) is -2.22. The maximum absolute atomic E-state index is 13.8. The molecule has 1 atom stereocenters. The topological polar surface area (TPSA) is 100 Å². The van der Waals surface area contributed by atoms with Crippen LogP contribution in [0.3, 0.4) is 0 Å². The van der Waals surface area contributed by atoms with Crippen LogP contribution in [0.5, 0.6) is 0 Å². The van der Waals surface area contributed by atoms with Gasteiger partial charge in [-0.05, 0) is 44.0 Å². The lowest BCUT2D eigenvalue weighted by Crippen LogP contribution is -2.25. The molecule has 1 aromatic heterocycles. The minimum absolute atomic E-state index is 0.136. The SMILES string of the molecule is CC(NC(=O)O)c1ccc(Nc2c(F)cccc2C(F)(F)F)cn1.NC1CC1. The second kappa shape index (κ2) is 8.87. The number of aromatic nitrogens is 1. The van der Waals surface area contributed by atoms with Gasteiger partial charge < -0.3 is 21.5 Å². The van der Waals surface area contributed by atoms with E-state index in [1.54, 1.807) is 6.92 Å². The summed E-state index contributed by atoms with van der Waals surface area (Å²) >= 11 is 0. The molecule has 1 unspecified atom stereocenters. The molecule has 0 saturated heterocycles. The van der Waals surface area contributed by atoms with Gasteiger partial charge in [0.05, 0.1) is 34.9 Å². The zero-order chi connectivity index (χ0) is 20.9. The molecule has 1 aromatic carbocycles. The Labute approximate surface area is 158 Å². The van der Waals surface area contributed by atoms with E-state index in [0.29, 0.717) is 11.7 Å². The van der Waals surface area contributed by atoms with Gasteiger partial charge in [0.1, 0.15) is 5.82 Å². The zero-order valence-electron chi connectivity index (χ0n) is 14.9. The number of para-hydroxylation sites is 1. The van der Waals surface area contributed by atoms with Gasteiger partial charge in [-0.3, -0.25) is 4.98 Å². The maximum Gasteiger partial charge on any atom is 0.418 e. The molecule has 28 heavy (non-hydrogen) atoms. The molecule has 152 valence electrons. The van der Waals surface area contributed by atoms with Gasteiger partial charge in [0.25, 0.3) is 0 Å². The first kappa shape index (κ1) is 21.4. The third kappa shape index (κ3) is 6.38. The number of nitrogens with zero attached hydrogens (tertiary/aromatic N) is 1. The Morgan fingerprint density at radius 1 is 1.29 bits per heavy atom. The molecule has 0 aliphatic heterocycles. The Hall–Kier alpha value is -2.88. The first-order valence-corrected chi connectivity index (χ1v) is 8.41. The molecule has 1 fully saturated rings. The van der Waals surface area contributed by atoms with Gasteiger partial charge in [-0.2, -0.15) is 13.2 Å². The molecule has 0 spiro atoms. The number of halogens is 4. The number of amides is 1. The van der Waals surface area contributed by atoms with Crippen molar-refractivity contribution in [3.8, 4) is 0 Å². The number of hydrogen-bond acceptors (Lipinski definition) is 4. The minimum atomic E-state index is -4.71. The van der Waals surface area contributed by atoms with Crippen molar-refractivity contribution in [2.75, 3.05) is 5.32 Å². The summed E-state index contributed by atoms with van der Waals surface area (Å²) in [4.78, 5) is 14.5. The van der Waals surface area contributed by atoms with Crippen molar-refractivity contribution in [1.82, 2.24) is 10.3 Å². The number of benzene rings is 1. The summed E-state index contributed by atoms with van der Waals surface area (Å²) < 4.78 is 52.6. The van der Waals surface area contributed by atoms with E-state index in [0.717, 1.165) is 18.2 Å². The van der Waals surface area contributed by atoms with Gasteiger partial charge >= 0.3 is 12.3 Å². The van der Waals surface area contributed by atoms with E-state index in [4.69, 9.17) is 10.8 Å². The Kier molecular flexibility index (Phi) is 6.79. The zero-order valence-corrected chi connectivity index (χ0v) is 14.9. The van der Waals surface area contributed by atoms with Gasteiger partial charge in [-0.15, -0.1) is 0 Å². The Bertz CT molecular complexity index is 808. The molecule has 5 N–H and O–H groups in total. The van der Waals surface area contributed by atoms with Crippen LogP contribution < -0.4 is 16.4 Å². The van der Waals surface area contributed by atoms with E-state index >= 15 is 0 Å². The number of carbonyl (C=O) groups is 1. The smallest absolute Gasteiger partial charge is 0.418 e. The van der Waals surface area contributed by atoms with E-state index in [1.165, 1.54) is 31.2 Å². The molecule has 3 rings (SSSR count). The predicted octanol–water partition coefficient (Wildman–Crippen LogP) is 4.42. The van der Waals surface area contributed by atoms with Crippen molar-refractivity contribution >= 4 is 17.5 Å². The summed E-state index contributed by atoms with van der Waals surface area (Å²) in [5.74, 6) is -1.05. The number of rotatable bonds is 4. The molecule has 10 heteroatoms. The molecule has 1 saturated carbocycles. The van der Waals surface area contributed by atoms with Gasteiger partial charge in [-0.1, -0.05) is 6.07 Å². The van der Waals surface area contributed by atoms with Crippen molar-refractivity contribution < 1.29 is 27.5 Å². The summed E-state index contributed by atoms with van der Waals surface area (Å²) in [6.45, 7) is 1.56. The maximum atomic E-state index is 13.8. The van der Waals surface area contributed by atoms with Crippen LogP contribution in [0.15, 0.2) is 36.5 Å². The number of nitrogens with two attached hydrogens (primary N) is 1. The molecule has 0 radical (unpaired) electrons. The van der Waals surface area contributed by atoms with Crippen LogP contribution in [-0.4, -0.2) is 22.2 Å². The van der Waals surface area contributed by atoms with Crippen molar-refractivity contribution in [2.24, 2.45) is 5.73 Å². The summed E-state index contributed by atoms with van der Waals surface area (Å²) in [5, 5.41) is 13.2. The third-order valence-corrected chi connectivity index (χ3v) is 3.78. The van der Waals surface area contributed by atoms with Crippen LogP contribution in [0.1, 0.15) is 37.1 Å². The molecule has 6 nitrogen and oxygen atoms in total. The summed E-state index contributed by atoms with van der Waals surface area (Å²) in [6, 6.07) is 5.45. The normalized spacial score (nSPS) is 14.5. The molecular weight excluding hydrogens is 380 g/mol. The quantitative estimate of drug-likeness (QED) is 0.570. The summed E-state index contributed by atoms with van der Waals surface area (Å²) in [5.41, 5.74) is 3.90. The highest BCUT2D eigenvalue weighted by molar-refractivity contribution is 5.65. The van der Waals surface area contributed by atoms with E-state index in [-0.39, 0.29) is 5.69 Å². The van der Waals surface area contributed by atoms with Crippen molar-refractivity contribution in [2.45, 2.75) is 38.0 Å². The molecule has 1 aliphatic carbocycles. The van der Waals surface area contributed by atoms with E-state index < -0.39 is 35.4 Å². The predicted molar refractivity (Wildman–Crippen MR) is 95.7 cm³/mol. The average molecular weight is 400 g/mol. The second-order valence-electron chi connectivity index (χ2n) is 6.27. The van der Waals surface area contributed by atoms with E-state index in [1.807, 2.05) is 0 Å². The lowest BCUT2D eigenvalue weighted by molar-refractivity contribution is -0.137. The number of nitrogens with one attached hydrogen (secondary N) is 2. The fourth-order valence-corrected chi connectivity index (χ4v) is 2.12. The van der Waals surface area contributed by atoms with Crippen LogP contribution in [0.2, 0.25) is 0 Å². The van der Waals surface area contributed by atoms with Crippen LogP contribution in [0.25, 0.3) is 0 Å². The minimum Gasteiger partial charge on any atom is -0.465 e. The number of anilines is 2. The fraction of sp³-hybridized carbons (Fsp3) is 0.333. The van der Waals surface area contributed by atoms with Gasteiger partial charge in [0.2, 0.25) is 0 Å². The number of hydrogen-bond donors (Lipinski definition) is 4. The largest absolute Gasteiger partial charge is 0.465 e. The van der Waals surface area contributed by atoms with E-state index in [9.17, 15) is 22.4 Å². The van der Waals surface area contributed by atoms with Crippen LogP contribution in [0.4, 0.5) is 33.7 Å². The highest BCUT2D eigenvalue weighted by Gasteiger charge is 2.34. The Morgan fingerprint density at radius 2 is 1.93 bits per heavy atom. The van der Waals surface area contributed by atoms with Crippen molar-refractivity contribution in [1.29, 1.82) is 0 Å².